The molecule has 0 radical (unpaired) electrons. The summed E-state index contributed by atoms with van der Waals surface area (Å²) in [6.07, 6.45) is 2.07. The molecule has 0 aliphatic heterocycles. The summed E-state index contributed by atoms with van der Waals surface area (Å²) in [6, 6.07) is 7.11. The van der Waals surface area contributed by atoms with Crippen LogP contribution in [0.1, 0.15) is 25.8 Å². The molecule has 0 aromatic heterocycles. The van der Waals surface area contributed by atoms with Gasteiger partial charge in [-0.15, -0.1) is 0 Å². The molecule has 0 fully saturated rings. The Morgan fingerprint density at radius 1 is 1.33 bits per heavy atom. The molecule has 0 unspecified atom stereocenters. The maximum atomic E-state index is 12.3. The minimum atomic E-state index is -3.10. The standard InChI is InChI=1S/C15H22ClNO3S/c1-4-17(12(2)11-21(3,19)20)15(18)10-9-13-7-5-6-8-14(13)16/h5-8,12H,4,9-11H2,1-3H3/t12-/m0/s1. The summed E-state index contributed by atoms with van der Waals surface area (Å²) in [6.45, 7) is 4.11. The van der Waals surface area contributed by atoms with Gasteiger partial charge in [0.2, 0.25) is 5.91 Å². The van der Waals surface area contributed by atoms with Crippen LogP contribution in [0, 0.1) is 0 Å². The van der Waals surface area contributed by atoms with Crippen molar-refractivity contribution in [3.63, 3.8) is 0 Å². The van der Waals surface area contributed by atoms with Gasteiger partial charge in [-0.2, -0.15) is 0 Å². The number of aryl methyl sites for hydroxylation is 1. The molecule has 0 N–H and O–H groups in total. The number of rotatable bonds is 7. The lowest BCUT2D eigenvalue weighted by Gasteiger charge is -2.27. The smallest absolute Gasteiger partial charge is 0.223 e. The first kappa shape index (κ1) is 18.0. The van der Waals surface area contributed by atoms with Crippen LogP contribution in [0.4, 0.5) is 0 Å². The Balaban J connectivity index is 2.66. The van der Waals surface area contributed by atoms with Crippen molar-refractivity contribution < 1.29 is 13.2 Å². The molecule has 0 aliphatic rings. The van der Waals surface area contributed by atoms with Gasteiger partial charge in [-0.05, 0) is 31.9 Å². The highest BCUT2D eigenvalue weighted by Gasteiger charge is 2.21. The monoisotopic (exact) mass is 331 g/mol. The lowest BCUT2D eigenvalue weighted by molar-refractivity contribution is -0.132. The van der Waals surface area contributed by atoms with E-state index in [0.717, 1.165) is 5.56 Å². The zero-order chi connectivity index (χ0) is 16.0. The average Bonchev–Trinajstić information content (AvgIpc) is 2.36. The fourth-order valence-corrected chi connectivity index (χ4v) is 3.63. The average molecular weight is 332 g/mol. The fourth-order valence-electron chi connectivity index (χ4n) is 2.35. The molecule has 1 amide bonds. The van der Waals surface area contributed by atoms with Gasteiger partial charge in [0.1, 0.15) is 9.84 Å². The van der Waals surface area contributed by atoms with Gasteiger partial charge in [-0.1, -0.05) is 29.8 Å². The van der Waals surface area contributed by atoms with E-state index in [1.807, 2.05) is 25.1 Å². The highest BCUT2D eigenvalue weighted by molar-refractivity contribution is 7.90. The second-order valence-electron chi connectivity index (χ2n) is 5.21. The Bertz CT molecular complexity index is 586. The summed E-state index contributed by atoms with van der Waals surface area (Å²) in [5.41, 5.74) is 0.930. The molecule has 4 nitrogen and oxygen atoms in total. The predicted octanol–water partition coefficient (Wildman–Crippen LogP) is 2.55. The normalized spacial score (nSPS) is 13.0. The van der Waals surface area contributed by atoms with Gasteiger partial charge in [0.15, 0.2) is 0 Å². The molecule has 0 heterocycles. The quantitative estimate of drug-likeness (QED) is 0.771. The molecule has 21 heavy (non-hydrogen) atoms. The minimum Gasteiger partial charge on any atom is -0.339 e. The van der Waals surface area contributed by atoms with E-state index < -0.39 is 9.84 Å². The topological polar surface area (TPSA) is 54.5 Å². The van der Waals surface area contributed by atoms with Crippen LogP contribution in [0.3, 0.4) is 0 Å². The molecule has 0 saturated carbocycles. The molecule has 6 heteroatoms. The Labute approximate surface area is 132 Å². The first-order chi connectivity index (χ1) is 9.74. The number of sulfone groups is 1. The van der Waals surface area contributed by atoms with Gasteiger partial charge in [0, 0.05) is 30.3 Å². The number of amides is 1. The van der Waals surface area contributed by atoms with Crippen molar-refractivity contribution in [2.45, 2.75) is 32.7 Å². The number of nitrogens with zero attached hydrogens (tertiary/aromatic N) is 1. The van der Waals surface area contributed by atoms with E-state index in [4.69, 9.17) is 11.6 Å². The van der Waals surface area contributed by atoms with Crippen LogP contribution < -0.4 is 0 Å². The summed E-state index contributed by atoms with van der Waals surface area (Å²) in [5.74, 6) is -0.0628. The van der Waals surface area contributed by atoms with Gasteiger partial charge in [-0.3, -0.25) is 4.79 Å². The molecule has 0 saturated heterocycles. The molecule has 1 aromatic rings. The molecular weight excluding hydrogens is 310 g/mol. The summed E-state index contributed by atoms with van der Waals surface area (Å²) < 4.78 is 22.7. The molecule has 0 spiro atoms. The van der Waals surface area contributed by atoms with Crippen molar-refractivity contribution in [2.24, 2.45) is 0 Å². The number of halogens is 1. The fraction of sp³-hybridized carbons (Fsp3) is 0.533. The highest BCUT2D eigenvalue weighted by atomic mass is 35.5. The van der Waals surface area contributed by atoms with Crippen LogP contribution in [-0.4, -0.2) is 43.8 Å². The SMILES string of the molecule is CCN(C(=O)CCc1ccccc1Cl)[C@@H](C)CS(C)(=O)=O. The van der Waals surface area contributed by atoms with E-state index in [-0.39, 0.29) is 17.7 Å². The Morgan fingerprint density at radius 3 is 2.48 bits per heavy atom. The van der Waals surface area contributed by atoms with E-state index in [1.54, 1.807) is 17.9 Å². The highest BCUT2D eigenvalue weighted by Crippen LogP contribution is 2.17. The van der Waals surface area contributed by atoms with Crippen molar-refractivity contribution in [2.75, 3.05) is 18.6 Å². The number of carbonyl (C=O) groups excluding carboxylic acids is 1. The van der Waals surface area contributed by atoms with Gasteiger partial charge >= 0.3 is 0 Å². The second kappa shape index (κ2) is 7.80. The zero-order valence-corrected chi connectivity index (χ0v) is 14.2. The lowest BCUT2D eigenvalue weighted by Crippen LogP contribution is -2.42. The van der Waals surface area contributed by atoms with E-state index >= 15 is 0 Å². The van der Waals surface area contributed by atoms with E-state index in [2.05, 4.69) is 0 Å². The summed E-state index contributed by atoms with van der Waals surface area (Å²) in [7, 11) is -3.10. The molecule has 1 aromatic carbocycles. The third-order valence-corrected chi connectivity index (χ3v) is 4.76. The van der Waals surface area contributed by atoms with E-state index in [9.17, 15) is 13.2 Å². The van der Waals surface area contributed by atoms with Crippen molar-refractivity contribution >= 4 is 27.3 Å². The van der Waals surface area contributed by atoms with Crippen LogP contribution in [0.15, 0.2) is 24.3 Å². The first-order valence-electron chi connectivity index (χ1n) is 6.95. The van der Waals surface area contributed by atoms with Crippen LogP contribution in [-0.2, 0) is 21.1 Å². The Morgan fingerprint density at radius 2 is 1.95 bits per heavy atom. The van der Waals surface area contributed by atoms with Crippen LogP contribution in [0.2, 0.25) is 5.02 Å². The van der Waals surface area contributed by atoms with E-state index in [1.165, 1.54) is 6.26 Å². The van der Waals surface area contributed by atoms with Gasteiger partial charge < -0.3 is 4.90 Å². The molecule has 0 bridgehead atoms. The maximum Gasteiger partial charge on any atom is 0.223 e. The van der Waals surface area contributed by atoms with Gasteiger partial charge in [0.25, 0.3) is 0 Å². The Kier molecular flexibility index (Phi) is 6.68. The molecule has 118 valence electrons. The molecule has 1 atom stereocenters. The largest absolute Gasteiger partial charge is 0.339 e. The third-order valence-electron chi connectivity index (χ3n) is 3.30. The van der Waals surface area contributed by atoms with Crippen LogP contribution in [0.5, 0.6) is 0 Å². The summed E-state index contributed by atoms with van der Waals surface area (Å²) in [5, 5.41) is 0.650. The molecular formula is C15H22ClNO3S. The van der Waals surface area contributed by atoms with Crippen molar-refractivity contribution in [3.8, 4) is 0 Å². The number of benzene rings is 1. The Hall–Kier alpha value is -1.07. The van der Waals surface area contributed by atoms with Crippen molar-refractivity contribution in [3.05, 3.63) is 34.9 Å². The van der Waals surface area contributed by atoms with Crippen molar-refractivity contribution in [1.82, 2.24) is 4.90 Å². The summed E-state index contributed by atoms with van der Waals surface area (Å²) >= 11 is 6.07. The number of carbonyl (C=O) groups is 1. The predicted molar refractivity (Wildman–Crippen MR) is 86.3 cm³/mol. The number of hydrogen-bond donors (Lipinski definition) is 0. The second-order valence-corrected chi connectivity index (χ2v) is 7.80. The zero-order valence-electron chi connectivity index (χ0n) is 12.7. The van der Waals surface area contributed by atoms with Crippen LogP contribution in [0.25, 0.3) is 0 Å². The van der Waals surface area contributed by atoms with Crippen molar-refractivity contribution in [1.29, 1.82) is 0 Å². The van der Waals surface area contributed by atoms with Crippen LogP contribution >= 0.6 is 11.6 Å². The molecule has 0 aliphatic carbocycles. The first-order valence-corrected chi connectivity index (χ1v) is 9.39. The maximum absolute atomic E-state index is 12.3. The minimum absolute atomic E-state index is 0.0152. The van der Waals surface area contributed by atoms with Gasteiger partial charge in [-0.25, -0.2) is 8.42 Å². The van der Waals surface area contributed by atoms with Gasteiger partial charge in [0.05, 0.1) is 5.75 Å². The molecule has 1 rings (SSSR count). The van der Waals surface area contributed by atoms with E-state index in [0.29, 0.717) is 24.4 Å². The number of hydrogen-bond acceptors (Lipinski definition) is 3. The third kappa shape index (κ3) is 6.06. The lowest BCUT2D eigenvalue weighted by atomic mass is 10.1. The summed E-state index contributed by atoms with van der Waals surface area (Å²) in [4.78, 5) is 13.9.